The van der Waals surface area contributed by atoms with Crippen LogP contribution >= 0.6 is 0 Å². The van der Waals surface area contributed by atoms with Crippen molar-refractivity contribution in [2.45, 2.75) is 18.0 Å². The van der Waals surface area contributed by atoms with Crippen molar-refractivity contribution in [1.29, 1.82) is 0 Å². The first-order valence-corrected chi connectivity index (χ1v) is 12.9. The van der Waals surface area contributed by atoms with Gasteiger partial charge in [-0.25, -0.2) is 14.4 Å². The summed E-state index contributed by atoms with van der Waals surface area (Å²) < 4.78 is 11.0. The molecule has 6 rings (SSSR count). The van der Waals surface area contributed by atoms with Gasteiger partial charge in [-0.2, -0.15) is 4.90 Å². The van der Waals surface area contributed by atoms with Crippen molar-refractivity contribution in [3.05, 3.63) is 119 Å². The van der Waals surface area contributed by atoms with Crippen LogP contribution in [0.1, 0.15) is 34.1 Å². The molecular weight excluding hydrogens is 508 g/mol. The number of hydrogen-bond donors (Lipinski definition) is 2. The largest absolute Gasteiger partial charge is 0.479 e. The molecule has 1 unspecified atom stereocenters. The molecule has 0 aromatic heterocycles. The number of ether oxygens (including phenoxy) is 2. The maximum Gasteiger partial charge on any atom is 0.421 e. The lowest BCUT2D eigenvalue weighted by Crippen LogP contribution is -2.54. The Labute approximate surface area is 230 Å². The summed E-state index contributed by atoms with van der Waals surface area (Å²) in [6.07, 6.45) is -4.35. The molecule has 40 heavy (non-hydrogen) atoms. The number of benzene rings is 4. The first kappa shape index (κ1) is 25.3. The maximum absolute atomic E-state index is 13.2. The smallest absolute Gasteiger partial charge is 0.421 e. The van der Waals surface area contributed by atoms with Crippen LogP contribution in [0.25, 0.3) is 22.3 Å². The Bertz CT molecular complexity index is 1430. The number of amides is 2. The number of rotatable bonds is 6. The van der Waals surface area contributed by atoms with Gasteiger partial charge in [-0.1, -0.05) is 97.1 Å². The molecular formula is C32H26N2O6. The second-order valence-electron chi connectivity index (χ2n) is 9.76. The predicted octanol–water partition coefficient (Wildman–Crippen LogP) is 5.56. The molecule has 0 saturated carbocycles. The number of nitrogens with zero attached hydrogens (tertiary/aromatic N) is 1. The lowest BCUT2D eigenvalue weighted by atomic mass is 9.98. The highest BCUT2D eigenvalue weighted by atomic mass is 16.6. The van der Waals surface area contributed by atoms with Gasteiger partial charge in [0.05, 0.1) is 0 Å². The minimum Gasteiger partial charge on any atom is -0.479 e. The molecule has 3 N–H and O–H groups in total. The van der Waals surface area contributed by atoms with Gasteiger partial charge in [0.15, 0.2) is 6.17 Å². The Balaban J connectivity index is 1.20. The molecule has 200 valence electrons. The molecule has 0 saturated heterocycles. The summed E-state index contributed by atoms with van der Waals surface area (Å²) in [6.45, 7) is -0.210. The minimum atomic E-state index is -1.98. The second-order valence-corrected chi connectivity index (χ2v) is 9.76. The fourth-order valence-corrected chi connectivity index (χ4v) is 5.74. The van der Waals surface area contributed by atoms with Crippen LogP contribution in [0.2, 0.25) is 0 Å². The van der Waals surface area contributed by atoms with Gasteiger partial charge in [0.2, 0.25) is 0 Å². The van der Waals surface area contributed by atoms with Crippen LogP contribution in [-0.4, -0.2) is 47.5 Å². The third-order valence-electron chi connectivity index (χ3n) is 7.60. The zero-order valence-corrected chi connectivity index (χ0v) is 21.4. The van der Waals surface area contributed by atoms with E-state index in [-0.39, 0.29) is 25.0 Å². The Morgan fingerprint density at radius 3 is 1.23 bits per heavy atom. The SMILES string of the molecule is NC(C(=O)O)N(C(=O)OCC1c2ccccc2-c2ccccc21)C(=O)OCC1c2ccccc2-c2ccccc21. The number of imide groups is 1. The van der Waals surface area contributed by atoms with Crippen molar-refractivity contribution in [1.82, 2.24) is 4.90 Å². The van der Waals surface area contributed by atoms with E-state index >= 15 is 0 Å². The molecule has 0 radical (unpaired) electrons. The zero-order chi connectivity index (χ0) is 27.8. The van der Waals surface area contributed by atoms with E-state index < -0.39 is 24.3 Å². The number of hydrogen-bond acceptors (Lipinski definition) is 6. The first-order valence-electron chi connectivity index (χ1n) is 12.9. The van der Waals surface area contributed by atoms with Gasteiger partial charge < -0.3 is 20.3 Å². The summed E-state index contributed by atoms with van der Waals surface area (Å²) in [6, 6.07) is 31.2. The van der Waals surface area contributed by atoms with Gasteiger partial charge >= 0.3 is 18.2 Å². The summed E-state index contributed by atoms with van der Waals surface area (Å²) >= 11 is 0. The van der Waals surface area contributed by atoms with Gasteiger partial charge in [0.25, 0.3) is 0 Å². The molecule has 4 aromatic carbocycles. The molecule has 8 nitrogen and oxygen atoms in total. The minimum absolute atomic E-state index is 0.105. The van der Waals surface area contributed by atoms with Crippen LogP contribution in [0.4, 0.5) is 9.59 Å². The third-order valence-corrected chi connectivity index (χ3v) is 7.60. The molecule has 0 spiro atoms. The molecule has 0 bridgehead atoms. The maximum atomic E-state index is 13.2. The van der Waals surface area contributed by atoms with Crippen LogP contribution in [0.3, 0.4) is 0 Å². The summed E-state index contributed by atoms with van der Waals surface area (Å²) in [5.41, 5.74) is 13.8. The molecule has 0 aliphatic heterocycles. The molecule has 1 atom stereocenters. The number of fused-ring (bicyclic) bond motifs is 6. The van der Waals surface area contributed by atoms with Crippen LogP contribution in [0.5, 0.6) is 0 Å². The van der Waals surface area contributed by atoms with Crippen molar-refractivity contribution < 1.29 is 29.0 Å². The Morgan fingerprint density at radius 2 is 0.925 bits per heavy atom. The molecule has 8 heteroatoms. The van der Waals surface area contributed by atoms with E-state index in [0.29, 0.717) is 4.90 Å². The monoisotopic (exact) mass is 534 g/mol. The number of aliphatic carboxylic acids is 1. The second kappa shape index (κ2) is 10.3. The van der Waals surface area contributed by atoms with Crippen molar-refractivity contribution >= 4 is 18.2 Å². The predicted molar refractivity (Wildman–Crippen MR) is 148 cm³/mol. The summed E-state index contributed by atoms with van der Waals surface area (Å²) in [7, 11) is 0. The fourth-order valence-electron chi connectivity index (χ4n) is 5.74. The van der Waals surface area contributed by atoms with Gasteiger partial charge in [0, 0.05) is 11.8 Å². The molecule has 2 aliphatic rings. The summed E-state index contributed by atoms with van der Waals surface area (Å²) in [5.74, 6) is -2.12. The van der Waals surface area contributed by atoms with E-state index in [1.807, 2.05) is 97.1 Å². The molecule has 0 fully saturated rings. The quantitative estimate of drug-likeness (QED) is 0.311. The van der Waals surface area contributed by atoms with Crippen LogP contribution in [0, 0.1) is 0 Å². The Morgan fingerprint density at radius 1 is 0.625 bits per heavy atom. The third kappa shape index (κ3) is 4.28. The van der Waals surface area contributed by atoms with E-state index in [0.717, 1.165) is 44.5 Å². The van der Waals surface area contributed by atoms with E-state index in [1.54, 1.807) is 0 Å². The first-order chi connectivity index (χ1) is 19.5. The van der Waals surface area contributed by atoms with Crippen molar-refractivity contribution in [3.8, 4) is 22.3 Å². The van der Waals surface area contributed by atoms with Crippen LogP contribution < -0.4 is 5.73 Å². The molecule has 2 aliphatic carbocycles. The van der Waals surface area contributed by atoms with Crippen molar-refractivity contribution in [3.63, 3.8) is 0 Å². The van der Waals surface area contributed by atoms with Gasteiger partial charge in [0.1, 0.15) is 13.2 Å². The lowest BCUT2D eigenvalue weighted by molar-refractivity contribution is -0.142. The van der Waals surface area contributed by atoms with E-state index in [9.17, 15) is 19.5 Å². The normalized spacial score (nSPS) is 13.9. The van der Waals surface area contributed by atoms with Gasteiger partial charge in [-0.15, -0.1) is 0 Å². The highest BCUT2D eigenvalue weighted by molar-refractivity contribution is 5.93. The Hall–Kier alpha value is -4.95. The van der Waals surface area contributed by atoms with Gasteiger partial charge in [-0.3, -0.25) is 0 Å². The van der Waals surface area contributed by atoms with Crippen molar-refractivity contribution in [2.75, 3.05) is 13.2 Å². The van der Waals surface area contributed by atoms with Crippen LogP contribution in [-0.2, 0) is 14.3 Å². The van der Waals surface area contributed by atoms with Crippen LogP contribution in [0.15, 0.2) is 97.1 Å². The fraction of sp³-hybridized carbons (Fsp3) is 0.156. The average molecular weight is 535 g/mol. The van der Waals surface area contributed by atoms with Crippen molar-refractivity contribution in [2.24, 2.45) is 5.73 Å². The number of carboxylic acids is 1. The highest BCUT2D eigenvalue weighted by Crippen LogP contribution is 2.45. The van der Waals surface area contributed by atoms with E-state index in [1.165, 1.54) is 0 Å². The Kier molecular flexibility index (Phi) is 6.53. The lowest BCUT2D eigenvalue weighted by Gasteiger charge is -2.25. The topological polar surface area (TPSA) is 119 Å². The van der Waals surface area contributed by atoms with E-state index in [2.05, 4.69) is 0 Å². The number of carbonyl (C=O) groups is 3. The zero-order valence-electron chi connectivity index (χ0n) is 21.4. The number of nitrogens with two attached hydrogens (primary N) is 1. The van der Waals surface area contributed by atoms with E-state index in [4.69, 9.17) is 15.2 Å². The molecule has 4 aromatic rings. The highest BCUT2D eigenvalue weighted by Gasteiger charge is 2.38. The number of carbonyl (C=O) groups excluding carboxylic acids is 2. The summed E-state index contributed by atoms with van der Waals surface area (Å²) in [5, 5.41) is 9.55. The average Bonchev–Trinajstić information content (AvgIpc) is 3.47. The number of carboxylic acid groups (broad SMARTS) is 1. The summed E-state index contributed by atoms with van der Waals surface area (Å²) in [4.78, 5) is 38.4. The molecule has 0 heterocycles. The van der Waals surface area contributed by atoms with Gasteiger partial charge in [-0.05, 0) is 44.5 Å². The molecule has 2 amide bonds. The standard InChI is InChI=1S/C32H26N2O6/c33-29(30(35)36)34(31(37)39-17-27-23-13-5-1-9-19(23)20-10-2-6-14-24(20)27)32(38)40-18-28-25-15-7-3-11-21(25)22-12-4-8-16-26(22)28/h1-16,27-29H,17-18,33H2,(H,35,36).